The maximum atomic E-state index is 13.0. The van der Waals surface area contributed by atoms with Crippen LogP contribution in [-0.4, -0.2) is 32.4 Å². The third kappa shape index (κ3) is 2.63. The second-order valence-electron chi connectivity index (χ2n) is 6.73. The first-order valence-electron chi connectivity index (χ1n) is 8.87. The Bertz CT molecular complexity index is 1020. The van der Waals surface area contributed by atoms with Gasteiger partial charge in [-0.15, -0.1) is 10.2 Å². The SMILES string of the molecule is C[C@@H]1C(=O)N(Cc2ccccc2)Cc2nnc(-c3ccc4c(c3)OCO4)n21. The van der Waals surface area contributed by atoms with Crippen molar-refractivity contribution < 1.29 is 14.3 Å². The highest BCUT2D eigenvalue weighted by atomic mass is 16.7. The van der Waals surface area contributed by atoms with E-state index in [0.717, 1.165) is 22.7 Å². The van der Waals surface area contributed by atoms with Crippen LogP contribution in [0.2, 0.25) is 0 Å². The number of benzene rings is 2. The smallest absolute Gasteiger partial charge is 0.246 e. The molecule has 2 aliphatic rings. The van der Waals surface area contributed by atoms with Gasteiger partial charge in [0.1, 0.15) is 6.04 Å². The molecule has 1 atom stereocenters. The highest BCUT2D eigenvalue weighted by Gasteiger charge is 2.33. The van der Waals surface area contributed by atoms with Crippen LogP contribution in [0, 0.1) is 0 Å². The zero-order valence-electron chi connectivity index (χ0n) is 14.8. The number of aromatic nitrogens is 3. The van der Waals surface area contributed by atoms with Crippen LogP contribution < -0.4 is 9.47 Å². The van der Waals surface area contributed by atoms with Crippen molar-refractivity contribution in [1.29, 1.82) is 0 Å². The van der Waals surface area contributed by atoms with Crippen LogP contribution >= 0.6 is 0 Å². The van der Waals surface area contributed by atoms with E-state index in [1.165, 1.54) is 0 Å². The lowest BCUT2D eigenvalue weighted by atomic mass is 10.1. The van der Waals surface area contributed by atoms with E-state index < -0.39 is 0 Å². The van der Waals surface area contributed by atoms with E-state index in [4.69, 9.17) is 9.47 Å². The van der Waals surface area contributed by atoms with E-state index in [9.17, 15) is 4.79 Å². The number of hydrogen-bond acceptors (Lipinski definition) is 5. The number of hydrogen-bond donors (Lipinski definition) is 0. The zero-order chi connectivity index (χ0) is 18.4. The van der Waals surface area contributed by atoms with Gasteiger partial charge in [0, 0.05) is 12.1 Å². The van der Waals surface area contributed by atoms with Crippen molar-refractivity contribution in [3.05, 3.63) is 59.9 Å². The summed E-state index contributed by atoms with van der Waals surface area (Å²) >= 11 is 0. The Morgan fingerprint density at radius 3 is 2.74 bits per heavy atom. The quantitative estimate of drug-likeness (QED) is 0.717. The minimum atomic E-state index is -0.368. The maximum Gasteiger partial charge on any atom is 0.246 e. The Morgan fingerprint density at radius 1 is 1.07 bits per heavy atom. The molecule has 3 heterocycles. The second-order valence-corrected chi connectivity index (χ2v) is 6.73. The summed E-state index contributed by atoms with van der Waals surface area (Å²) in [6.45, 7) is 3.12. The molecule has 0 saturated heterocycles. The molecule has 0 fully saturated rings. The minimum Gasteiger partial charge on any atom is -0.454 e. The Balaban J connectivity index is 1.48. The molecule has 0 spiro atoms. The van der Waals surface area contributed by atoms with Crippen LogP contribution in [-0.2, 0) is 17.9 Å². The average Bonchev–Trinajstić information content (AvgIpc) is 3.32. The fourth-order valence-electron chi connectivity index (χ4n) is 3.63. The van der Waals surface area contributed by atoms with Gasteiger partial charge in [0.15, 0.2) is 23.1 Å². The third-order valence-electron chi connectivity index (χ3n) is 5.00. The summed E-state index contributed by atoms with van der Waals surface area (Å²) in [5, 5.41) is 8.71. The van der Waals surface area contributed by atoms with E-state index in [2.05, 4.69) is 10.2 Å². The van der Waals surface area contributed by atoms with Crippen molar-refractivity contribution in [2.75, 3.05) is 6.79 Å². The predicted molar refractivity (Wildman–Crippen MR) is 97.0 cm³/mol. The van der Waals surface area contributed by atoms with E-state index in [1.807, 2.05) is 64.9 Å². The molecule has 5 rings (SSSR count). The summed E-state index contributed by atoms with van der Waals surface area (Å²) in [6.07, 6.45) is 0. The number of carbonyl (C=O) groups excluding carboxylic acids is 1. The van der Waals surface area contributed by atoms with Crippen molar-refractivity contribution in [3.63, 3.8) is 0 Å². The summed E-state index contributed by atoms with van der Waals surface area (Å²) in [4.78, 5) is 14.8. The first kappa shape index (κ1) is 15.9. The lowest BCUT2D eigenvalue weighted by molar-refractivity contribution is -0.137. The van der Waals surface area contributed by atoms with E-state index in [1.54, 1.807) is 0 Å². The molecule has 0 unspecified atom stereocenters. The average molecular weight is 362 g/mol. The molecule has 136 valence electrons. The predicted octanol–water partition coefficient (Wildman–Crippen LogP) is 2.78. The number of amides is 1. The Hall–Kier alpha value is -3.35. The van der Waals surface area contributed by atoms with Crippen molar-refractivity contribution in [2.45, 2.75) is 26.1 Å². The Labute approximate surface area is 156 Å². The molecule has 0 radical (unpaired) electrons. The first-order chi connectivity index (χ1) is 13.2. The number of rotatable bonds is 3. The van der Waals surface area contributed by atoms with Crippen LogP contribution in [0.5, 0.6) is 11.5 Å². The minimum absolute atomic E-state index is 0.0631. The zero-order valence-corrected chi connectivity index (χ0v) is 14.8. The standard InChI is InChI=1S/C20H18N4O3/c1-13-20(25)23(10-14-5-3-2-4-6-14)11-18-21-22-19(24(13)18)15-7-8-16-17(9-15)27-12-26-16/h2-9,13H,10-12H2,1H3/t13-/m1/s1. The van der Waals surface area contributed by atoms with Crippen LogP contribution in [0.4, 0.5) is 0 Å². The molecule has 0 bridgehead atoms. The molecule has 3 aromatic rings. The van der Waals surface area contributed by atoms with E-state index >= 15 is 0 Å². The van der Waals surface area contributed by atoms with Crippen molar-refractivity contribution in [2.24, 2.45) is 0 Å². The topological polar surface area (TPSA) is 69.5 Å². The number of carbonyl (C=O) groups is 1. The number of fused-ring (bicyclic) bond motifs is 2. The van der Waals surface area contributed by atoms with Gasteiger partial charge in [-0.25, -0.2) is 0 Å². The molecule has 0 N–H and O–H groups in total. The Kier molecular flexibility index (Phi) is 3.60. The first-order valence-corrected chi connectivity index (χ1v) is 8.87. The maximum absolute atomic E-state index is 13.0. The highest BCUT2D eigenvalue weighted by Crippen LogP contribution is 2.37. The number of ether oxygens (including phenoxy) is 2. The van der Waals surface area contributed by atoms with Gasteiger partial charge in [0.05, 0.1) is 6.54 Å². The van der Waals surface area contributed by atoms with Gasteiger partial charge in [-0.3, -0.25) is 9.36 Å². The van der Waals surface area contributed by atoms with Crippen LogP contribution in [0.1, 0.15) is 24.4 Å². The Morgan fingerprint density at radius 2 is 1.89 bits per heavy atom. The van der Waals surface area contributed by atoms with Gasteiger partial charge in [-0.1, -0.05) is 30.3 Å². The van der Waals surface area contributed by atoms with Crippen LogP contribution in [0.15, 0.2) is 48.5 Å². The van der Waals surface area contributed by atoms with Gasteiger partial charge in [-0.05, 0) is 30.7 Å². The molecule has 7 heteroatoms. The molecular formula is C20H18N4O3. The lowest BCUT2D eigenvalue weighted by Gasteiger charge is -2.32. The monoisotopic (exact) mass is 362 g/mol. The molecule has 7 nitrogen and oxygen atoms in total. The summed E-state index contributed by atoms with van der Waals surface area (Å²) in [6, 6.07) is 15.3. The van der Waals surface area contributed by atoms with Crippen LogP contribution in [0.3, 0.4) is 0 Å². The molecule has 27 heavy (non-hydrogen) atoms. The van der Waals surface area contributed by atoms with Crippen molar-refractivity contribution in [3.8, 4) is 22.9 Å². The van der Waals surface area contributed by atoms with Crippen molar-refractivity contribution >= 4 is 5.91 Å². The highest BCUT2D eigenvalue weighted by molar-refractivity contribution is 5.82. The summed E-state index contributed by atoms with van der Waals surface area (Å²) in [5.74, 6) is 2.92. The van der Waals surface area contributed by atoms with Crippen molar-refractivity contribution in [1.82, 2.24) is 19.7 Å². The fourth-order valence-corrected chi connectivity index (χ4v) is 3.63. The largest absolute Gasteiger partial charge is 0.454 e. The normalized spacial score (nSPS) is 17.9. The second kappa shape index (κ2) is 6.12. The molecule has 2 aliphatic heterocycles. The van der Waals surface area contributed by atoms with Gasteiger partial charge in [0.25, 0.3) is 0 Å². The van der Waals surface area contributed by atoms with E-state index in [0.29, 0.717) is 24.7 Å². The molecule has 0 saturated carbocycles. The number of nitrogens with zero attached hydrogens (tertiary/aromatic N) is 4. The van der Waals surface area contributed by atoms with E-state index in [-0.39, 0.29) is 18.7 Å². The van der Waals surface area contributed by atoms with Gasteiger partial charge in [-0.2, -0.15) is 0 Å². The summed E-state index contributed by atoms with van der Waals surface area (Å²) in [7, 11) is 0. The molecule has 2 aromatic carbocycles. The lowest BCUT2D eigenvalue weighted by Crippen LogP contribution is -2.41. The molecular weight excluding hydrogens is 344 g/mol. The van der Waals surface area contributed by atoms with Crippen LogP contribution in [0.25, 0.3) is 11.4 Å². The fraction of sp³-hybridized carbons (Fsp3) is 0.250. The van der Waals surface area contributed by atoms with Gasteiger partial charge < -0.3 is 14.4 Å². The summed E-state index contributed by atoms with van der Waals surface area (Å²) in [5.41, 5.74) is 1.95. The molecule has 1 amide bonds. The van der Waals surface area contributed by atoms with Gasteiger partial charge in [0.2, 0.25) is 12.7 Å². The molecule has 1 aromatic heterocycles. The molecule has 0 aliphatic carbocycles. The van der Waals surface area contributed by atoms with Gasteiger partial charge >= 0.3 is 0 Å². The third-order valence-corrected chi connectivity index (χ3v) is 5.00. The summed E-state index contributed by atoms with van der Waals surface area (Å²) < 4.78 is 12.7.